The topological polar surface area (TPSA) is 114 Å². The van der Waals surface area contributed by atoms with Crippen LogP contribution in [0.1, 0.15) is 38.2 Å². The lowest BCUT2D eigenvalue weighted by atomic mass is 9.92. The second-order valence-corrected chi connectivity index (χ2v) is 8.81. The number of carboxylic acid groups (broad SMARTS) is 1. The molecule has 1 heterocycles. The number of nitrogens with one attached hydrogen (secondary N) is 2. The minimum Gasteiger partial charge on any atom is -0.481 e. The molecule has 39 heavy (non-hydrogen) atoms. The number of amides is 1. The highest BCUT2D eigenvalue weighted by Gasteiger charge is 2.42. The van der Waals surface area contributed by atoms with Gasteiger partial charge in [0.1, 0.15) is 24.3 Å². The standard InChI is InChI=1S/C25H24F6N2O6/c1-12(33-25(7-2-3-8-39-25)20-13(26)5-4-6-14(20)27)24(37)32-17(10-19(35)36)18(34)11-38-23-21(30)15(28)9-16(29)22(23)31/h4-6,9,12,17,33H,2-3,7-8,10-11H2,1H3,(H,32,37)(H,35,36)/t12-,17-,25?/m0/s1. The number of ketones is 1. The van der Waals surface area contributed by atoms with E-state index in [-0.39, 0.29) is 19.1 Å². The van der Waals surface area contributed by atoms with Gasteiger partial charge in [-0.05, 0) is 38.3 Å². The van der Waals surface area contributed by atoms with Gasteiger partial charge < -0.3 is 19.9 Å². The minimum atomic E-state index is -1.92. The Hall–Kier alpha value is -3.65. The van der Waals surface area contributed by atoms with Crippen molar-refractivity contribution in [3.63, 3.8) is 0 Å². The summed E-state index contributed by atoms with van der Waals surface area (Å²) >= 11 is 0. The van der Waals surface area contributed by atoms with Crippen LogP contribution in [-0.4, -0.2) is 48.1 Å². The molecule has 0 radical (unpaired) electrons. The van der Waals surface area contributed by atoms with Crippen molar-refractivity contribution < 1.29 is 55.3 Å². The largest absolute Gasteiger partial charge is 0.481 e. The van der Waals surface area contributed by atoms with E-state index in [1.807, 2.05) is 0 Å². The van der Waals surface area contributed by atoms with Gasteiger partial charge >= 0.3 is 5.97 Å². The van der Waals surface area contributed by atoms with Gasteiger partial charge in [-0.1, -0.05) is 6.07 Å². The molecule has 0 spiro atoms. The summed E-state index contributed by atoms with van der Waals surface area (Å²) in [6.45, 7) is 0.123. The number of rotatable bonds is 11. The Balaban J connectivity index is 1.76. The van der Waals surface area contributed by atoms with Crippen LogP contribution in [0.15, 0.2) is 24.3 Å². The van der Waals surface area contributed by atoms with Crippen molar-refractivity contribution in [3.8, 4) is 5.75 Å². The highest BCUT2D eigenvalue weighted by molar-refractivity contribution is 5.94. The van der Waals surface area contributed by atoms with E-state index in [4.69, 9.17) is 9.84 Å². The molecule has 3 atom stereocenters. The van der Waals surface area contributed by atoms with Gasteiger partial charge in [0, 0.05) is 12.7 Å². The van der Waals surface area contributed by atoms with Crippen molar-refractivity contribution in [2.75, 3.05) is 13.2 Å². The van der Waals surface area contributed by atoms with Gasteiger partial charge in [0.15, 0.2) is 28.9 Å². The van der Waals surface area contributed by atoms with Gasteiger partial charge in [-0.25, -0.2) is 17.6 Å². The second kappa shape index (κ2) is 12.5. The molecular weight excluding hydrogens is 538 g/mol. The molecule has 1 saturated heterocycles. The molecule has 0 bridgehead atoms. The number of hydrogen-bond acceptors (Lipinski definition) is 6. The van der Waals surface area contributed by atoms with Crippen molar-refractivity contribution in [3.05, 3.63) is 64.7 Å². The molecule has 0 aromatic heterocycles. The maximum absolute atomic E-state index is 14.6. The third kappa shape index (κ3) is 6.87. The van der Waals surface area contributed by atoms with E-state index in [0.29, 0.717) is 12.8 Å². The fourth-order valence-corrected chi connectivity index (χ4v) is 4.12. The van der Waals surface area contributed by atoms with Crippen molar-refractivity contribution >= 4 is 17.7 Å². The number of carbonyl (C=O) groups excluding carboxylic acids is 2. The fourth-order valence-electron chi connectivity index (χ4n) is 4.12. The molecule has 0 aliphatic carbocycles. The van der Waals surface area contributed by atoms with Crippen LogP contribution in [0, 0.1) is 34.9 Å². The zero-order valence-corrected chi connectivity index (χ0v) is 20.5. The zero-order valence-electron chi connectivity index (χ0n) is 20.5. The first-order chi connectivity index (χ1) is 18.4. The predicted octanol–water partition coefficient (Wildman–Crippen LogP) is 3.46. The first kappa shape index (κ1) is 29.9. The van der Waals surface area contributed by atoms with Gasteiger partial charge in [0.05, 0.1) is 18.0 Å². The number of Topliss-reactive ketones (excluding diaryl/α,β-unsaturated/α-hetero) is 1. The van der Waals surface area contributed by atoms with E-state index in [1.54, 1.807) is 0 Å². The average molecular weight is 562 g/mol. The highest BCUT2D eigenvalue weighted by Crippen LogP contribution is 2.36. The van der Waals surface area contributed by atoms with Crippen LogP contribution < -0.4 is 15.4 Å². The summed E-state index contributed by atoms with van der Waals surface area (Å²) < 4.78 is 94.0. The van der Waals surface area contributed by atoms with Crippen molar-refractivity contribution in [1.82, 2.24) is 10.6 Å². The lowest BCUT2D eigenvalue weighted by Crippen LogP contribution is -2.58. The average Bonchev–Trinajstić information content (AvgIpc) is 2.87. The molecule has 3 N–H and O–H groups in total. The molecule has 1 aliphatic heterocycles. The summed E-state index contributed by atoms with van der Waals surface area (Å²) in [4.78, 5) is 36.8. The van der Waals surface area contributed by atoms with Crippen LogP contribution in [0.3, 0.4) is 0 Å². The minimum absolute atomic E-state index is 0.0723. The number of aliphatic carboxylic acids is 1. The van der Waals surface area contributed by atoms with Gasteiger partial charge in [-0.3, -0.25) is 19.7 Å². The van der Waals surface area contributed by atoms with Crippen LogP contribution in [0.2, 0.25) is 0 Å². The molecule has 8 nitrogen and oxygen atoms in total. The van der Waals surface area contributed by atoms with E-state index in [0.717, 1.165) is 18.2 Å². The Morgan fingerprint density at radius 3 is 2.18 bits per heavy atom. The van der Waals surface area contributed by atoms with Crippen LogP contribution in [0.5, 0.6) is 5.75 Å². The van der Waals surface area contributed by atoms with Gasteiger partial charge in [-0.2, -0.15) is 8.78 Å². The van der Waals surface area contributed by atoms with Crippen molar-refractivity contribution in [2.45, 2.75) is 50.4 Å². The maximum atomic E-state index is 14.6. The summed E-state index contributed by atoms with van der Waals surface area (Å²) in [5.41, 5.74) is -2.21. The third-order valence-electron chi connectivity index (χ3n) is 6.00. The van der Waals surface area contributed by atoms with E-state index in [9.17, 15) is 40.7 Å². The number of halogens is 6. The van der Waals surface area contributed by atoms with Gasteiger partial charge in [0.25, 0.3) is 0 Å². The normalized spacial score (nSPS) is 18.7. The molecule has 1 fully saturated rings. The summed E-state index contributed by atoms with van der Waals surface area (Å²) in [6, 6.07) is -0.000614. The van der Waals surface area contributed by atoms with Crippen molar-refractivity contribution in [1.29, 1.82) is 0 Å². The lowest BCUT2D eigenvalue weighted by molar-refractivity contribution is -0.142. The number of hydrogen-bond donors (Lipinski definition) is 3. The number of carboxylic acids is 1. The smallest absolute Gasteiger partial charge is 0.305 e. The van der Waals surface area contributed by atoms with E-state index in [2.05, 4.69) is 15.4 Å². The van der Waals surface area contributed by atoms with Gasteiger partial charge in [0.2, 0.25) is 17.5 Å². The van der Waals surface area contributed by atoms with E-state index < -0.39 is 94.7 Å². The Labute approximate surface area is 218 Å². The molecule has 3 rings (SSSR count). The molecule has 0 saturated carbocycles. The van der Waals surface area contributed by atoms with Crippen LogP contribution in [-0.2, 0) is 24.8 Å². The van der Waals surface area contributed by atoms with Crippen molar-refractivity contribution in [2.24, 2.45) is 0 Å². The maximum Gasteiger partial charge on any atom is 0.305 e. The summed E-state index contributed by atoms with van der Waals surface area (Å²) in [5.74, 6) is -14.6. The summed E-state index contributed by atoms with van der Waals surface area (Å²) in [7, 11) is 0. The van der Waals surface area contributed by atoms with Crippen LogP contribution in [0.4, 0.5) is 26.3 Å². The molecule has 1 amide bonds. The fraction of sp³-hybridized carbons (Fsp3) is 0.400. The van der Waals surface area contributed by atoms with Crippen LogP contribution >= 0.6 is 0 Å². The first-order valence-electron chi connectivity index (χ1n) is 11.7. The van der Waals surface area contributed by atoms with Gasteiger partial charge in [-0.15, -0.1) is 0 Å². The Morgan fingerprint density at radius 1 is 1.03 bits per heavy atom. The molecule has 2 aromatic rings. The Kier molecular flexibility index (Phi) is 9.56. The monoisotopic (exact) mass is 562 g/mol. The van der Waals surface area contributed by atoms with Crippen LogP contribution in [0.25, 0.3) is 0 Å². The van der Waals surface area contributed by atoms with E-state index >= 15 is 0 Å². The molecule has 1 unspecified atom stereocenters. The zero-order chi connectivity index (χ0) is 28.9. The summed E-state index contributed by atoms with van der Waals surface area (Å²) in [5, 5.41) is 14.0. The number of ether oxygens (including phenoxy) is 2. The molecule has 2 aromatic carbocycles. The molecular formula is C25H24F6N2O6. The third-order valence-corrected chi connectivity index (χ3v) is 6.00. The van der Waals surface area contributed by atoms with E-state index in [1.165, 1.54) is 6.92 Å². The highest BCUT2D eigenvalue weighted by atomic mass is 19.2. The molecule has 1 aliphatic rings. The molecule has 14 heteroatoms. The Morgan fingerprint density at radius 2 is 1.64 bits per heavy atom. The SMILES string of the molecule is C[C@H](NC1(c2c(F)cccc2F)CCCCO1)C(=O)N[C@@H](CC(=O)O)C(=O)COc1c(F)c(F)cc(F)c1F. The first-order valence-corrected chi connectivity index (χ1v) is 11.7. The lowest BCUT2D eigenvalue weighted by Gasteiger charge is -2.40. The number of benzene rings is 2. The summed E-state index contributed by atoms with van der Waals surface area (Å²) in [6.07, 6.45) is 0.161. The number of carbonyl (C=O) groups is 3. The quantitative estimate of drug-likeness (QED) is 0.284. The Bertz CT molecular complexity index is 1210. The molecule has 212 valence electrons. The second-order valence-electron chi connectivity index (χ2n) is 8.81. The predicted molar refractivity (Wildman–Crippen MR) is 121 cm³/mol.